The van der Waals surface area contributed by atoms with E-state index in [1.165, 1.54) is 4.90 Å². The number of unbranched alkanes of at least 4 members (excludes halogenated alkanes) is 1. The Balaban J connectivity index is 1.76. The van der Waals surface area contributed by atoms with Gasteiger partial charge in [0, 0.05) is 19.7 Å². The van der Waals surface area contributed by atoms with Gasteiger partial charge in [-0.05, 0) is 44.7 Å². The Kier molecular flexibility index (Phi) is 7.31. The van der Waals surface area contributed by atoms with Gasteiger partial charge in [0.25, 0.3) is 5.91 Å². The predicted octanol–water partition coefficient (Wildman–Crippen LogP) is 2.57. The van der Waals surface area contributed by atoms with Crippen molar-refractivity contribution in [1.82, 2.24) is 4.90 Å². The highest BCUT2D eigenvalue weighted by Crippen LogP contribution is 2.59. The van der Waals surface area contributed by atoms with Gasteiger partial charge < -0.3 is 24.4 Å². The second-order valence-corrected chi connectivity index (χ2v) is 9.37. The maximum absolute atomic E-state index is 14.2. The summed E-state index contributed by atoms with van der Waals surface area (Å²) in [7, 11) is 0. The maximum atomic E-state index is 14.2. The summed E-state index contributed by atoms with van der Waals surface area (Å²) < 4.78 is 11.7. The van der Waals surface area contributed by atoms with Gasteiger partial charge in [-0.1, -0.05) is 29.8 Å². The molecule has 1 N–H and O–H groups in total. The van der Waals surface area contributed by atoms with Crippen LogP contribution in [0.15, 0.2) is 36.9 Å². The zero-order valence-electron chi connectivity index (χ0n) is 19.3. The first kappa shape index (κ1) is 24.7. The average molecular weight is 491 g/mol. The van der Waals surface area contributed by atoms with Crippen molar-refractivity contribution in [3.8, 4) is 0 Å². The first-order chi connectivity index (χ1) is 16.4. The Morgan fingerprint density at radius 1 is 1.38 bits per heavy atom. The van der Waals surface area contributed by atoms with Crippen LogP contribution >= 0.6 is 11.6 Å². The van der Waals surface area contributed by atoms with Gasteiger partial charge in [0.15, 0.2) is 0 Å². The highest BCUT2D eigenvalue weighted by molar-refractivity contribution is 6.34. The van der Waals surface area contributed by atoms with Crippen molar-refractivity contribution in [2.24, 2.45) is 11.8 Å². The Morgan fingerprint density at radius 2 is 2.15 bits per heavy atom. The molecule has 1 spiro atoms. The zero-order chi connectivity index (χ0) is 24.5. The number of para-hydroxylation sites is 1. The van der Waals surface area contributed by atoms with Crippen LogP contribution in [0.5, 0.6) is 0 Å². The van der Waals surface area contributed by atoms with E-state index in [0.29, 0.717) is 36.4 Å². The van der Waals surface area contributed by atoms with Crippen molar-refractivity contribution in [3.63, 3.8) is 0 Å². The molecular weight excluding hydrogens is 460 g/mol. The highest BCUT2D eigenvalue weighted by Gasteiger charge is 2.75. The fourth-order valence-electron chi connectivity index (χ4n) is 5.83. The highest BCUT2D eigenvalue weighted by atomic mass is 35.5. The fourth-order valence-corrected chi connectivity index (χ4v) is 6.07. The molecular formula is C25H31ClN2O6. The number of rotatable bonds is 10. The first-order valence-electron chi connectivity index (χ1n) is 11.8. The van der Waals surface area contributed by atoms with E-state index in [1.54, 1.807) is 42.2 Å². The number of ether oxygens (including phenoxy) is 2. The van der Waals surface area contributed by atoms with Crippen LogP contribution in [0.3, 0.4) is 0 Å². The number of aliphatic hydroxyl groups is 1. The van der Waals surface area contributed by atoms with Crippen molar-refractivity contribution < 1.29 is 29.0 Å². The molecule has 3 heterocycles. The Hall–Kier alpha value is -2.42. The van der Waals surface area contributed by atoms with Crippen molar-refractivity contribution in [1.29, 1.82) is 0 Å². The van der Waals surface area contributed by atoms with E-state index in [4.69, 9.17) is 21.1 Å². The molecule has 2 bridgehead atoms. The SMILES string of the molecule is C=CCN(C(=O)[C@H]1N(CCCCO)C(=O)[C@@H]2[C@@H](C(=O)OCC)[C@H]3CC[C@]21O3)c1ccccc1Cl. The lowest BCUT2D eigenvalue weighted by Crippen LogP contribution is -2.56. The smallest absolute Gasteiger partial charge is 0.312 e. The van der Waals surface area contributed by atoms with Crippen LogP contribution in [0, 0.1) is 11.8 Å². The van der Waals surface area contributed by atoms with Crippen LogP contribution in [0.2, 0.25) is 5.02 Å². The third kappa shape index (κ3) is 3.91. The lowest BCUT2D eigenvalue weighted by molar-refractivity contribution is -0.154. The number of carbonyl (C=O) groups is 3. The largest absolute Gasteiger partial charge is 0.466 e. The summed E-state index contributed by atoms with van der Waals surface area (Å²) in [5.41, 5.74) is -0.581. The average Bonchev–Trinajstić information content (AvgIpc) is 3.46. The molecule has 34 heavy (non-hydrogen) atoms. The first-order valence-corrected chi connectivity index (χ1v) is 12.2. The molecule has 9 heteroatoms. The minimum Gasteiger partial charge on any atom is -0.466 e. The van der Waals surface area contributed by atoms with Gasteiger partial charge in [-0.25, -0.2) is 0 Å². The fraction of sp³-hybridized carbons (Fsp3) is 0.560. The molecule has 8 nitrogen and oxygen atoms in total. The van der Waals surface area contributed by atoms with E-state index in [2.05, 4.69) is 6.58 Å². The van der Waals surface area contributed by atoms with Crippen LogP contribution in [-0.2, 0) is 23.9 Å². The minimum absolute atomic E-state index is 0.0124. The van der Waals surface area contributed by atoms with Gasteiger partial charge >= 0.3 is 5.97 Å². The Morgan fingerprint density at radius 3 is 2.82 bits per heavy atom. The molecule has 0 radical (unpaired) electrons. The summed E-state index contributed by atoms with van der Waals surface area (Å²) in [6, 6.07) is 6.11. The van der Waals surface area contributed by atoms with Crippen LogP contribution in [0.25, 0.3) is 0 Å². The number of benzene rings is 1. The van der Waals surface area contributed by atoms with E-state index in [0.717, 1.165) is 0 Å². The number of hydrogen-bond donors (Lipinski definition) is 1. The number of likely N-dealkylation sites (tertiary alicyclic amines) is 1. The number of hydrogen-bond acceptors (Lipinski definition) is 6. The molecule has 0 saturated carbocycles. The molecule has 0 aromatic heterocycles. The summed E-state index contributed by atoms with van der Waals surface area (Å²) in [6.45, 7) is 6.19. The molecule has 1 aromatic rings. The predicted molar refractivity (Wildman–Crippen MR) is 126 cm³/mol. The van der Waals surface area contributed by atoms with Crippen LogP contribution in [0.4, 0.5) is 5.69 Å². The molecule has 3 fully saturated rings. The number of esters is 1. The van der Waals surface area contributed by atoms with E-state index in [1.807, 2.05) is 0 Å². The Bertz CT molecular complexity index is 970. The molecule has 2 amide bonds. The third-order valence-electron chi connectivity index (χ3n) is 7.12. The topological polar surface area (TPSA) is 96.4 Å². The molecule has 4 rings (SSSR count). The van der Waals surface area contributed by atoms with Crippen LogP contribution in [0.1, 0.15) is 32.6 Å². The van der Waals surface area contributed by atoms with E-state index >= 15 is 0 Å². The summed E-state index contributed by atoms with van der Waals surface area (Å²) in [4.78, 5) is 43.8. The lowest BCUT2D eigenvalue weighted by Gasteiger charge is -2.37. The maximum Gasteiger partial charge on any atom is 0.312 e. The number of fused-ring (bicyclic) bond motifs is 1. The summed E-state index contributed by atoms with van der Waals surface area (Å²) in [5.74, 6) is -2.55. The molecule has 3 aliphatic heterocycles. The van der Waals surface area contributed by atoms with Crippen LogP contribution in [-0.4, -0.2) is 71.8 Å². The number of carbonyl (C=O) groups excluding carboxylic acids is 3. The minimum atomic E-state index is -1.10. The number of halogens is 1. The van der Waals surface area contributed by atoms with E-state index in [-0.39, 0.29) is 38.1 Å². The second kappa shape index (κ2) is 10.1. The Labute approximate surface area is 204 Å². The molecule has 184 valence electrons. The number of nitrogens with zero attached hydrogens (tertiary/aromatic N) is 2. The monoisotopic (exact) mass is 490 g/mol. The number of anilines is 1. The van der Waals surface area contributed by atoms with Crippen molar-refractivity contribution in [3.05, 3.63) is 41.9 Å². The van der Waals surface area contributed by atoms with Crippen molar-refractivity contribution >= 4 is 35.1 Å². The number of aliphatic hydroxyl groups excluding tert-OH is 1. The van der Waals surface area contributed by atoms with Crippen molar-refractivity contribution in [2.75, 3.05) is 31.2 Å². The van der Waals surface area contributed by atoms with E-state index < -0.39 is 35.6 Å². The second-order valence-electron chi connectivity index (χ2n) is 8.96. The van der Waals surface area contributed by atoms with Gasteiger partial charge in [0.05, 0.1) is 35.3 Å². The van der Waals surface area contributed by atoms with E-state index in [9.17, 15) is 19.5 Å². The molecule has 3 saturated heterocycles. The standard InChI is InChI=1S/C25H31ClN2O6/c1-3-13-27(17-10-6-5-9-16(17)26)23(31)21-25-12-11-18(34-25)19(24(32)33-4-2)20(25)22(30)28(21)14-7-8-15-29/h3,5-6,9-10,18-21,29H,1,4,7-8,11-15H2,2H3/t18-,19+,20+,21-,25+/m1/s1. The molecule has 1 aromatic carbocycles. The van der Waals surface area contributed by atoms with Gasteiger partial charge in [-0.3, -0.25) is 14.4 Å². The van der Waals surface area contributed by atoms with Gasteiger partial charge in [0.2, 0.25) is 5.91 Å². The molecule has 0 unspecified atom stereocenters. The van der Waals surface area contributed by atoms with Crippen molar-refractivity contribution in [2.45, 2.75) is 50.4 Å². The number of amides is 2. The van der Waals surface area contributed by atoms with Gasteiger partial charge in [-0.2, -0.15) is 0 Å². The molecule has 0 aliphatic carbocycles. The summed E-state index contributed by atoms with van der Waals surface area (Å²) in [5, 5.41) is 9.67. The molecule has 5 atom stereocenters. The summed E-state index contributed by atoms with van der Waals surface area (Å²) >= 11 is 6.43. The molecule has 3 aliphatic rings. The summed E-state index contributed by atoms with van der Waals surface area (Å²) in [6.07, 6.45) is 3.26. The van der Waals surface area contributed by atoms with Crippen LogP contribution < -0.4 is 4.90 Å². The lowest BCUT2D eigenvalue weighted by atomic mass is 9.70. The zero-order valence-corrected chi connectivity index (χ0v) is 20.1. The third-order valence-corrected chi connectivity index (χ3v) is 7.44. The normalized spacial score (nSPS) is 29.3. The van der Waals surface area contributed by atoms with Gasteiger partial charge in [-0.15, -0.1) is 6.58 Å². The quantitative estimate of drug-likeness (QED) is 0.307. The van der Waals surface area contributed by atoms with Gasteiger partial charge in [0.1, 0.15) is 11.6 Å².